The highest BCUT2D eigenvalue weighted by Crippen LogP contribution is 2.04. The zero-order valence-electron chi connectivity index (χ0n) is 11.7. The molecule has 0 aliphatic rings. The number of carbonyl (C=O) groups is 1. The molecule has 2 heterocycles. The van der Waals surface area contributed by atoms with Gasteiger partial charge in [-0.2, -0.15) is 5.10 Å². The van der Waals surface area contributed by atoms with Gasteiger partial charge in [0.05, 0.1) is 0 Å². The number of hydrogen-bond acceptors (Lipinski definition) is 3. The fourth-order valence-corrected chi connectivity index (χ4v) is 1.66. The maximum Gasteiger partial charge on any atom is 0.272 e. The van der Waals surface area contributed by atoms with E-state index in [1.54, 1.807) is 23.1 Å². The second kappa shape index (κ2) is 6.65. The largest absolute Gasteiger partial charge is 0.347 e. The maximum absolute atomic E-state index is 11.9. The number of rotatable bonds is 5. The van der Waals surface area contributed by atoms with E-state index in [1.807, 2.05) is 44.3 Å². The van der Waals surface area contributed by atoms with E-state index in [0.717, 1.165) is 5.56 Å². The molecule has 20 heavy (non-hydrogen) atoms. The maximum atomic E-state index is 11.9. The number of aromatic nitrogens is 3. The van der Waals surface area contributed by atoms with E-state index < -0.39 is 0 Å². The first-order valence-corrected chi connectivity index (χ1v) is 6.57. The van der Waals surface area contributed by atoms with Crippen molar-refractivity contribution in [3.05, 3.63) is 54.1 Å². The molecule has 5 heteroatoms. The van der Waals surface area contributed by atoms with Gasteiger partial charge < -0.3 is 5.32 Å². The van der Waals surface area contributed by atoms with Gasteiger partial charge in [0.25, 0.3) is 5.91 Å². The van der Waals surface area contributed by atoms with E-state index in [1.165, 1.54) is 0 Å². The molecule has 0 aliphatic carbocycles. The molecule has 2 aromatic rings. The lowest BCUT2D eigenvalue weighted by atomic mass is 10.2. The summed E-state index contributed by atoms with van der Waals surface area (Å²) in [5.41, 5.74) is 1.44. The third-order valence-corrected chi connectivity index (χ3v) is 2.75. The minimum Gasteiger partial charge on any atom is -0.347 e. The van der Waals surface area contributed by atoms with Crippen LogP contribution in [-0.2, 0) is 0 Å². The average molecular weight is 270 g/mol. The monoisotopic (exact) mass is 270 g/mol. The van der Waals surface area contributed by atoms with Crippen molar-refractivity contribution < 1.29 is 4.79 Å². The van der Waals surface area contributed by atoms with Crippen LogP contribution in [0.2, 0.25) is 0 Å². The Bertz CT molecular complexity index is 587. The lowest BCUT2D eigenvalue weighted by Crippen LogP contribution is -2.24. The van der Waals surface area contributed by atoms with Gasteiger partial charge in [-0.15, -0.1) is 0 Å². The Hall–Kier alpha value is -2.43. The molecule has 5 nitrogen and oxygen atoms in total. The standard InChI is InChI=1S/C15H18N4O/c1-12(2)19-10-7-14(18-19)15(20)17-9-4-6-13-5-3-8-16-11-13/h3-8,10-12H,9H2,1-2H3,(H,17,20)/b6-4+. The third-order valence-electron chi connectivity index (χ3n) is 2.75. The number of carbonyl (C=O) groups excluding carboxylic acids is 1. The molecule has 104 valence electrons. The molecule has 0 atom stereocenters. The fraction of sp³-hybridized carbons (Fsp3) is 0.267. The van der Waals surface area contributed by atoms with Crippen molar-refractivity contribution >= 4 is 12.0 Å². The van der Waals surface area contributed by atoms with Gasteiger partial charge in [-0.25, -0.2) is 0 Å². The van der Waals surface area contributed by atoms with Crippen molar-refractivity contribution in [2.45, 2.75) is 19.9 Å². The predicted octanol–water partition coefficient (Wildman–Crippen LogP) is 2.30. The summed E-state index contributed by atoms with van der Waals surface area (Å²) in [4.78, 5) is 15.9. The summed E-state index contributed by atoms with van der Waals surface area (Å²) in [6.07, 6.45) is 9.10. The average Bonchev–Trinajstić information content (AvgIpc) is 2.94. The van der Waals surface area contributed by atoms with E-state index in [-0.39, 0.29) is 11.9 Å². The Morgan fingerprint density at radius 2 is 2.30 bits per heavy atom. The number of nitrogens with one attached hydrogen (secondary N) is 1. The first-order chi connectivity index (χ1) is 9.66. The zero-order chi connectivity index (χ0) is 14.4. The minimum absolute atomic E-state index is 0.166. The summed E-state index contributed by atoms with van der Waals surface area (Å²) in [5.74, 6) is -0.166. The Labute approximate surface area is 118 Å². The summed E-state index contributed by atoms with van der Waals surface area (Å²) >= 11 is 0. The van der Waals surface area contributed by atoms with Gasteiger partial charge in [0, 0.05) is 31.2 Å². The van der Waals surface area contributed by atoms with Gasteiger partial charge in [0.15, 0.2) is 0 Å². The second-order valence-corrected chi connectivity index (χ2v) is 4.67. The molecule has 2 aromatic heterocycles. The molecule has 0 saturated heterocycles. The highest BCUT2D eigenvalue weighted by molar-refractivity contribution is 5.92. The Morgan fingerprint density at radius 3 is 2.95 bits per heavy atom. The van der Waals surface area contributed by atoms with Crippen LogP contribution in [-0.4, -0.2) is 27.2 Å². The highest BCUT2D eigenvalue weighted by Gasteiger charge is 2.09. The molecule has 0 fully saturated rings. The fourth-order valence-electron chi connectivity index (χ4n) is 1.66. The topological polar surface area (TPSA) is 59.8 Å². The smallest absolute Gasteiger partial charge is 0.272 e. The van der Waals surface area contributed by atoms with Crippen LogP contribution in [0, 0.1) is 0 Å². The summed E-state index contributed by atoms with van der Waals surface area (Å²) in [6, 6.07) is 5.80. The minimum atomic E-state index is -0.166. The first-order valence-electron chi connectivity index (χ1n) is 6.57. The summed E-state index contributed by atoms with van der Waals surface area (Å²) in [6.45, 7) is 4.50. The van der Waals surface area contributed by atoms with Crippen LogP contribution in [0.15, 0.2) is 42.9 Å². The SMILES string of the molecule is CC(C)n1ccc(C(=O)NC/C=C/c2cccnc2)n1. The van der Waals surface area contributed by atoms with Gasteiger partial charge >= 0.3 is 0 Å². The van der Waals surface area contributed by atoms with Crippen molar-refractivity contribution in [2.75, 3.05) is 6.54 Å². The molecular weight excluding hydrogens is 252 g/mol. The molecule has 0 saturated carbocycles. The van der Waals surface area contributed by atoms with Gasteiger partial charge in [0.2, 0.25) is 0 Å². The Kier molecular flexibility index (Phi) is 4.65. The first kappa shape index (κ1) is 14.0. The lowest BCUT2D eigenvalue weighted by molar-refractivity contribution is 0.0952. The van der Waals surface area contributed by atoms with E-state index >= 15 is 0 Å². The number of amides is 1. The van der Waals surface area contributed by atoms with Crippen LogP contribution < -0.4 is 5.32 Å². The van der Waals surface area contributed by atoms with Gasteiger partial charge in [-0.05, 0) is 31.5 Å². The predicted molar refractivity (Wildman–Crippen MR) is 78.2 cm³/mol. The number of pyridine rings is 1. The summed E-state index contributed by atoms with van der Waals surface area (Å²) in [7, 11) is 0. The Balaban J connectivity index is 1.84. The molecule has 1 amide bonds. The van der Waals surface area contributed by atoms with Gasteiger partial charge in [0.1, 0.15) is 5.69 Å². The third kappa shape index (κ3) is 3.78. The van der Waals surface area contributed by atoms with Crippen LogP contribution >= 0.6 is 0 Å². The molecule has 0 bridgehead atoms. The van der Waals surface area contributed by atoms with Crippen molar-refractivity contribution in [1.29, 1.82) is 0 Å². The van der Waals surface area contributed by atoms with Crippen LogP contribution in [0.25, 0.3) is 6.08 Å². The van der Waals surface area contributed by atoms with E-state index in [9.17, 15) is 4.79 Å². The van der Waals surface area contributed by atoms with Crippen molar-refractivity contribution in [3.63, 3.8) is 0 Å². The van der Waals surface area contributed by atoms with E-state index in [2.05, 4.69) is 15.4 Å². The highest BCUT2D eigenvalue weighted by atomic mass is 16.1. The van der Waals surface area contributed by atoms with Crippen LogP contribution in [0.4, 0.5) is 0 Å². The normalized spacial score (nSPS) is 11.2. The molecule has 0 unspecified atom stereocenters. The molecular formula is C15H18N4O. The number of hydrogen-bond donors (Lipinski definition) is 1. The quantitative estimate of drug-likeness (QED) is 0.907. The summed E-state index contributed by atoms with van der Waals surface area (Å²) < 4.78 is 1.76. The van der Waals surface area contributed by atoms with Crippen LogP contribution in [0.5, 0.6) is 0 Å². The molecule has 0 aliphatic heterocycles. The lowest BCUT2D eigenvalue weighted by Gasteiger charge is -2.03. The molecule has 1 N–H and O–H groups in total. The van der Waals surface area contributed by atoms with E-state index in [4.69, 9.17) is 0 Å². The van der Waals surface area contributed by atoms with Crippen molar-refractivity contribution in [2.24, 2.45) is 0 Å². The summed E-state index contributed by atoms with van der Waals surface area (Å²) in [5, 5.41) is 7.02. The van der Waals surface area contributed by atoms with Crippen molar-refractivity contribution in [3.8, 4) is 0 Å². The van der Waals surface area contributed by atoms with Gasteiger partial charge in [-0.1, -0.05) is 18.2 Å². The van der Waals surface area contributed by atoms with Crippen LogP contribution in [0.3, 0.4) is 0 Å². The van der Waals surface area contributed by atoms with Gasteiger partial charge in [-0.3, -0.25) is 14.5 Å². The van der Waals surface area contributed by atoms with Crippen molar-refractivity contribution in [1.82, 2.24) is 20.1 Å². The zero-order valence-corrected chi connectivity index (χ0v) is 11.7. The molecule has 2 rings (SSSR count). The second-order valence-electron chi connectivity index (χ2n) is 4.67. The molecule has 0 aromatic carbocycles. The molecule has 0 radical (unpaired) electrons. The van der Waals surface area contributed by atoms with Crippen LogP contribution in [0.1, 0.15) is 35.9 Å². The number of nitrogens with zero attached hydrogens (tertiary/aromatic N) is 3. The van der Waals surface area contributed by atoms with E-state index in [0.29, 0.717) is 12.2 Å². The molecule has 0 spiro atoms. The Morgan fingerprint density at radius 1 is 1.45 bits per heavy atom.